The maximum absolute atomic E-state index is 13.1. The second kappa shape index (κ2) is 8.49. The zero-order chi connectivity index (χ0) is 20.4. The van der Waals surface area contributed by atoms with Gasteiger partial charge in [0.15, 0.2) is 0 Å². The minimum atomic E-state index is -0.211. The number of carbonyl (C=O) groups excluding carboxylic acids is 2. The van der Waals surface area contributed by atoms with Gasteiger partial charge in [0.25, 0.3) is 5.91 Å². The van der Waals surface area contributed by atoms with Crippen molar-refractivity contribution in [3.63, 3.8) is 0 Å². The van der Waals surface area contributed by atoms with Crippen LogP contribution in [0.4, 0.5) is 10.1 Å². The molecule has 0 radical (unpaired) electrons. The second-order valence-corrected chi connectivity index (χ2v) is 8.01. The standard InChI is InChI=1S/C21H28FN5O2/c1-24-20(28)9-8-19(23-24)21(29)27-10-2-3-18(15-27)26-13-11-25(12-14-26)17-6-4-16(22)5-7-17/h4-7,18H,2-3,8-15H2,1H3/t18-/m0/s1. The Labute approximate surface area is 170 Å². The van der Waals surface area contributed by atoms with Gasteiger partial charge in [-0.3, -0.25) is 14.5 Å². The number of piperidine rings is 1. The van der Waals surface area contributed by atoms with Crippen molar-refractivity contribution in [3.8, 4) is 0 Å². The zero-order valence-electron chi connectivity index (χ0n) is 16.9. The normalized spacial score (nSPS) is 23.9. The van der Waals surface area contributed by atoms with Crippen LogP contribution in [-0.4, -0.2) is 84.7 Å². The third kappa shape index (κ3) is 4.42. The quantitative estimate of drug-likeness (QED) is 0.771. The number of rotatable bonds is 3. The van der Waals surface area contributed by atoms with Gasteiger partial charge in [-0.05, 0) is 37.1 Å². The lowest BCUT2D eigenvalue weighted by molar-refractivity contribution is -0.131. The average molecular weight is 401 g/mol. The molecule has 0 aliphatic carbocycles. The van der Waals surface area contributed by atoms with Gasteiger partial charge in [-0.1, -0.05) is 0 Å². The number of carbonyl (C=O) groups is 2. The summed E-state index contributed by atoms with van der Waals surface area (Å²) < 4.78 is 13.1. The summed E-state index contributed by atoms with van der Waals surface area (Å²) in [5.74, 6) is -0.284. The highest BCUT2D eigenvalue weighted by molar-refractivity contribution is 6.39. The van der Waals surface area contributed by atoms with Crippen molar-refractivity contribution in [2.45, 2.75) is 31.7 Å². The molecular formula is C21H28FN5O2. The van der Waals surface area contributed by atoms with Crippen LogP contribution in [0.2, 0.25) is 0 Å². The van der Waals surface area contributed by atoms with E-state index in [9.17, 15) is 14.0 Å². The Morgan fingerprint density at radius 2 is 1.79 bits per heavy atom. The van der Waals surface area contributed by atoms with E-state index in [1.165, 1.54) is 17.1 Å². The molecule has 3 aliphatic rings. The topological polar surface area (TPSA) is 59.5 Å². The van der Waals surface area contributed by atoms with Gasteiger partial charge in [0, 0.05) is 70.9 Å². The fourth-order valence-electron chi connectivity index (χ4n) is 4.44. The fraction of sp³-hybridized carbons (Fsp3) is 0.571. The Balaban J connectivity index is 1.33. The van der Waals surface area contributed by atoms with Crippen LogP contribution in [0, 0.1) is 5.82 Å². The molecule has 0 unspecified atom stereocenters. The summed E-state index contributed by atoms with van der Waals surface area (Å²) in [7, 11) is 1.61. The van der Waals surface area contributed by atoms with Gasteiger partial charge in [0.1, 0.15) is 11.5 Å². The van der Waals surface area contributed by atoms with Crippen molar-refractivity contribution < 1.29 is 14.0 Å². The van der Waals surface area contributed by atoms with E-state index >= 15 is 0 Å². The van der Waals surface area contributed by atoms with Crippen molar-refractivity contribution in [2.75, 3.05) is 51.2 Å². The molecule has 156 valence electrons. The number of likely N-dealkylation sites (tertiary alicyclic amines) is 1. The Hall–Kier alpha value is -2.48. The van der Waals surface area contributed by atoms with E-state index in [2.05, 4.69) is 14.9 Å². The highest BCUT2D eigenvalue weighted by atomic mass is 19.1. The maximum Gasteiger partial charge on any atom is 0.270 e. The van der Waals surface area contributed by atoms with Crippen molar-refractivity contribution in [1.82, 2.24) is 14.8 Å². The highest BCUT2D eigenvalue weighted by Gasteiger charge is 2.32. The highest BCUT2D eigenvalue weighted by Crippen LogP contribution is 2.22. The molecular weight excluding hydrogens is 373 g/mol. The zero-order valence-corrected chi connectivity index (χ0v) is 16.9. The Kier molecular flexibility index (Phi) is 5.80. The van der Waals surface area contributed by atoms with Crippen LogP contribution in [0.1, 0.15) is 25.7 Å². The number of amides is 2. The SMILES string of the molecule is CN1N=C(C(=O)N2CCC[C@H](N3CCN(c4ccc(F)cc4)CC3)C2)CCC1=O. The van der Waals surface area contributed by atoms with Crippen LogP contribution in [0.3, 0.4) is 0 Å². The molecule has 0 saturated carbocycles. The first-order valence-electron chi connectivity index (χ1n) is 10.4. The smallest absolute Gasteiger partial charge is 0.270 e. The van der Waals surface area contributed by atoms with Gasteiger partial charge in [0.05, 0.1) is 0 Å². The predicted octanol–water partition coefficient (Wildman–Crippen LogP) is 1.55. The predicted molar refractivity (Wildman–Crippen MR) is 109 cm³/mol. The third-order valence-corrected chi connectivity index (χ3v) is 6.16. The molecule has 0 bridgehead atoms. The maximum atomic E-state index is 13.1. The Bertz CT molecular complexity index is 789. The lowest BCUT2D eigenvalue weighted by Crippen LogP contribution is -2.56. The van der Waals surface area contributed by atoms with E-state index in [1.54, 1.807) is 7.05 Å². The van der Waals surface area contributed by atoms with E-state index in [0.29, 0.717) is 31.1 Å². The molecule has 2 saturated heterocycles. The van der Waals surface area contributed by atoms with Gasteiger partial charge in [-0.2, -0.15) is 5.10 Å². The minimum absolute atomic E-state index is 0.0287. The first-order chi connectivity index (χ1) is 14.0. The number of hydrazone groups is 1. The third-order valence-electron chi connectivity index (χ3n) is 6.16. The Morgan fingerprint density at radius 3 is 2.48 bits per heavy atom. The molecule has 2 amide bonds. The molecule has 1 aromatic rings. The molecule has 8 heteroatoms. The summed E-state index contributed by atoms with van der Waals surface area (Å²) in [5.41, 5.74) is 1.55. The number of halogens is 1. The van der Waals surface area contributed by atoms with E-state index in [-0.39, 0.29) is 17.6 Å². The van der Waals surface area contributed by atoms with Crippen LogP contribution >= 0.6 is 0 Å². The Morgan fingerprint density at radius 1 is 1.07 bits per heavy atom. The molecule has 29 heavy (non-hydrogen) atoms. The number of hydrogen-bond acceptors (Lipinski definition) is 5. The summed E-state index contributed by atoms with van der Waals surface area (Å²) in [6, 6.07) is 7.03. The summed E-state index contributed by atoms with van der Waals surface area (Å²) in [6.45, 7) is 5.13. The number of hydrogen-bond donors (Lipinski definition) is 0. The van der Waals surface area contributed by atoms with Crippen LogP contribution in [0.5, 0.6) is 0 Å². The van der Waals surface area contributed by atoms with Crippen molar-refractivity contribution in [3.05, 3.63) is 30.1 Å². The lowest BCUT2D eigenvalue weighted by atomic mass is 10.0. The first-order valence-corrected chi connectivity index (χ1v) is 10.4. The van der Waals surface area contributed by atoms with Crippen LogP contribution in [-0.2, 0) is 9.59 Å². The minimum Gasteiger partial charge on any atom is -0.369 e. The monoisotopic (exact) mass is 401 g/mol. The average Bonchev–Trinajstić information content (AvgIpc) is 2.76. The number of anilines is 1. The fourth-order valence-corrected chi connectivity index (χ4v) is 4.44. The number of piperazine rings is 1. The molecule has 0 N–H and O–H groups in total. The van der Waals surface area contributed by atoms with Gasteiger partial charge in [-0.15, -0.1) is 0 Å². The van der Waals surface area contributed by atoms with Crippen LogP contribution < -0.4 is 4.90 Å². The van der Waals surface area contributed by atoms with Gasteiger partial charge in [-0.25, -0.2) is 9.40 Å². The van der Waals surface area contributed by atoms with E-state index in [0.717, 1.165) is 51.3 Å². The number of nitrogens with zero attached hydrogens (tertiary/aromatic N) is 5. The van der Waals surface area contributed by atoms with Crippen molar-refractivity contribution >= 4 is 23.2 Å². The van der Waals surface area contributed by atoms with E-state index in [4.69, 9.17) is 0 Å². The van der Waals surface area contributed by atoms with Crippen molar-refractivity contribution in [2.24, 2.45) is 5.10 Å². The largest absolute Gasteiger partial charge is 0.369 e. The van der Waals surface area contributed by atoms with Gasteiger partial charge in [0.2, 0.25) is 5.91 Å². The molecule has 0 spiro atoms. The first kappa shape index (κ1) is 19.8. The molecule has 3 aliphatic heterocycles. The van der Waals surface area contributed by atoms with E-state index in [1.807, 2.05) is 17.0 Å². The van der Waals surface area contributed by atoms with Gasteiger partial charge >= 0.3 is 0 Å². The lowest BCUT2D eigenvalue weighted by Gasteiger charge is -2.44. The van der Waals surface area contributed by atoms with Crippen LogP contribution in [0.25, 0.3) is 0 Å². The summed E-state index contributed by atoms with van der Waals surface area (Å²) in [4.78, 5) is 31.2. The van der Waals surface area contributed by atoms with Crippen molar-refractivity contribution in [1.29, 1.82) is 0 Å². The molecule has 1 atom stereocenters. The summed E-state index contributed by atoms with van der Waals surface area (Å²) in [5, 5.41) is 5.47. The molecule has 1 aromatic carbocycles. The molecule has 2 fully saturated rings. The van der Waals surface area contributed by atoms with Crippen LogP contribution in [0.15, 0.2) is 29.4 Å². The molecule has 4 rings (SSSR count). The van der Waals surface area contributed by atoms with Gasteiger partial charge < -0.3 is 9.80 Å². The second-order valence-electron chi connectivity index (χ2n) is 8.01. The molecule has 7 nitrogen and oxygen atoms in total. The number of benzene rings is 1. The molecule has 3 heterocycles. The summed E-state index contributed by atoms with van der Waals surface area (Å²) in [6.07, 6.45) is 2.85. The molecule has 0 aromatic heterocycles. The summed E-state index contributed by atoms with van der Waals surface area (Å²) >= 11 is 0. The van der Waals surface area contributed by atoms with E-state index < -0.39 is 0 Å².